The average molecular weight is 677 g/mol. The van der Waals surface area contributed by atoms with Gasteiger partial charge in [0, 0.05) is 27.5 Å². The van der Waals surface area contributed by atoms with Crippen molar-refractivity contribution in [2.45, 2.75) is 0 Å². The summed E-state index contributed by atoms with van der Waals surface area (Å²) in [6.45, 7) is 0. The number of hydrogen-bond acceptors (Lipinski definition) is 4. The SMILES string of the molecule is [B]c1c([B])c([B])c(-c2ccc(-c3ccc(-c4cccc5oc6cccc(-c7nc(-c8ccccc8)nc(-c8ccccc8)n7)c6c45)cc3)cc2)c([B])c1[B]. The average Bonchev–Trinajstić information content (AvgIpc) is 3.62. The van der Waals surface area contributed by atoms with Gasteiger partial charge in [-0.3, -0.25) is 0 Å². The first kappa shape index (κ1) is 33.5. The summed E-state index contributed by atoms with van der Waals surface area (Å²) in [5.41, 5.74) is 11.0. The fourth-order valence-electron chi connectivity index (χ4n) is 7.05. The van der Waals surface area contributed by atoms with Crippen LogP contribution >= 0.6 is 0 Å². The van der Waals surface area contributed by atoms with Gasteiger partial charge in [-0.05, 0) is 45.5 Å². The van der Waals surface area contributed by atoms with Gasteiger partial charge in [-0.2, -0.15) is 0 Å². The molecule has 10 radical (unpaired) electrons. The molecule has 0 N–H and O–H groups in total. The first-order valence-corrected chi connectivity index (χ1v) is 17.4. The third-order valence-electron chi connectivity index (χ3n) is 9.86. The van der Waals surface area contributed by atoms with Crippen LogP contribution in [-0.2, 0) is 0 Å². The summed E-state index contributed by atoms with van der Waals surface area (Å²) in [5, 5.41) is 1.93. The zero-order valence-corrected chi connectivity index (χ0v) is 29.0. The van der Waals surface area contributed by atoms with Gasteiger partial charge in [0.15, 0.2) is 17.5 Å². The van der Waals surface area contributed by atoms with Gasteiger partial charge in [-0.1, -0.05) is 144 Å². The van der Waals surface area contributed by atoms with Crippen molar-refractivity contribution in [2.24, 2.45) is 0 Å². The lowest BCUT2D eigenvalue weighted by molar-refractivity contribution is 0.669. The number of rotatable bonds is 6. The molecule has 2 aromatic heterocycles. The minimum atomic E-state index is 0.195. The highest BCUT2D eigenvalue weighted by atomic mass is 16.3. The summed E-state index contributed by atoms with van der Waals surface area (Å²) in [7, 11) is 30.9. The van der Waals surface area contributed by atoms with Crippen molar-refractivity contribution in [3.8, 4) is 67.5 Å². The normalized spacial score (nSPS) is 11.3. The Kier molecular flexibility index (Phi) is 8.43. The number of fused-ring (bicyclic) bond motifs is 3. The van der Waals surface area contributed by atoms with Crippen LogP contribution in [0.2, 0.25) is 0 Å². The van der Waals surface area contributed by atoms with Gasteiger partial charge in [0.2, 0.25) is 0 Å². The molecule has 0 fully saturated rings. The Balaban J connectivity index is 1.13. The predicted octanol–water partition coefficient (Wildman–Crippen LogP) is 5.74. The Morgan fingerprint density at radius 1 is 0.315 bits per heavy atom. The van der Waals surface area contributed by atoms with E-state index in [2.05, 4.69) is 30.3 Å². The summed E-state index contributed by atoms with van der Waals surface area (Å²) in [5.74, 6) is 1.76. The van der Waals surface area contributed by atoms with Gasteiger partial charge >= 0.3 is 0 Å². The minimum absolute atomic E-state index is 0.195. The van der Waals surface area contributed by atoms with E-state index in [1.54, 1.807) is 0 Å². The van der Waals surface area contributed by atoms with Gasteiger partial charge in [-0.15, -0.1) is 16.4 Å². The molecule has 0 saturated heterocycles. The van der Waals surface area contributed by atoms with E-state index in [0.29, 0.717) is 34.0 Å². The lowest BCUT2D eigenvalue weighted by Gasteiger charge is -2.21. The predicted molar refractivity (Wildman–Crippen MR) is 227 cm³/mol. The van der Waals surface area contributed by atoms with Crippen LogP contribution in [0.5, 0.6) is 0 Å². The van der Waals surface area contributed by atoms with E-state index in [0.717, 1.165) is 66.4 Å². The van der Waals surface area contributed by atoms with Crippen LogP contribution < -0.4 is 27.3 Å². The summed E-state index contributed by atoms with van der Waals surface area (Å²) in [4.78, 5) is 15.0. The van der Waals surface area contributed by atoms with Crippen molar-refractivity contribution < 1.29 is 4.42 Å². The number of aromatic nitrogens is 3. The van der Waals surface area contributed by atoms with Crippen LogP contribution in [0.3, 0.4) is 0 Å². The van der Waals surface area contributed by atoms with E-state index in [4.69, 9.17) is 58.6 Å². The van der Waals surface area contributed by atoms with E-state index in [1.807, 2.05) is 115 Å². The molecule has 9 aromatic rings. The van der Waals surface area contributed by atoms with Crippen molar-refractivity contribution in [1.29, 1.82) is 0 Å². The lowest BCUT2D eigenvalue weighted by Crippen LogP contribution is -2.55. The van der Waals surface area contributed by atoms with Crippen LogP contribution in [0.15, 0.2) is 150 Å². The van der Waals surface area contributed by atoms with Gasteiger partial charge < -0.3 is 4.42 Å². The number of furan rings is 1. The van der Waals surface area contributed by atoms with Crippen LogP contribution in [0, 0.1) is 0 Å². The molecule has 0 bridgehead atoms. The van der Waals surface area contributed by atoms with E-state index in [9.17, 15) is 0 Å². The molecule has 0 aliphatic heterocycles. The monoisotopic (exact) mass is 677 g/mol. The zero-order valence-electron chi connectivity index (χ0n) is 29.0. The summed E-state index contributed by atoms with van der Waals surface area (Å²) >= 11 is 0. The van der Waals surface area contributed by atoms with E-state index in [-0.39, 0.29) is 16.4 Å². The molecule has 54 heavy (non-hydrogen) atoms. The van der Waals surface area contributed by atoms with Gasteiger partial charge in [0.1, 0.15) is 50.4 Å². The maximum atomic E-state index is 6.47. The minimum Gasteiger partial charge on any atom is -0.456 e. The molecule has 240 valence electrons. The molecule has 0 saturated carbocycles. The maximum absolute atomic E-state index is 6.47. The van der Waals surface area contributed by atoms with Gasteiger partial charge in [-0.25, -0.2) is 15.0 Å². The van der Waals surface area contributed by atoms with Crippen LogP contribution in [-0.4, -0.2) is 54.2 Å². The molecule has 4 nitrogen and oxygen atoms in total. The highest BCUT2D eigenvalue weighted by Crippen LogP contribution is 2.41. The van der Waals surface area contributed by atoms with E-state index < -0.39 is 0 Å². The molecule has 0 unspecified atom stereocenters. The fraction of sp³-hybridized carbons (Fsp3) is 0. The molecule has 9 heteroatoms. The van der Waals surface area contributed by atoms with Crippen molar-refractivity contribution in [2.75, 3.05) is 0 Å². The smallest absolute Gasteiger partial charge is 0.164 e. The third-order valence-corrected chi connectivity index (χ3v) is 9.86. The van der Waals surface area contributed by atoms with E-state index in [1.165, 1.54) is 0 Å². The zero-order chi connectivity index (χ0) is 36.9. The molecule has 7 aromatic carbocycles. The Morgan fingerprint density at radius 3 is 1.24 bits per heavy atom. The molecule has 0 spiro atoms. The summed E-state index contributed by atoms with van der Waals surface area (Å²) < 4.78 is 6.47. The topological polar surface area (TPSA) is 51.8 Å². The second-order valence-electron chi connectivity index (χ2n) is 13.1. The second kappa shape index (κ2) is 13.6. The quantitative estimate of drug-likeness (QED) is 0.211. The molecule has 0 atom stereocenters. The Morgan fingerprint density at radius 2 is 0.722 bits per heavy atom. The Hall–Kier alpha value is -6.33. The highest BCUT2D eigenvalue weighted by molar-refractivity contribution is 6.68. The van der Waals surface area contributed by atoms with E-state index >= 15 is 0 Å². The second-order valence-corrected chi connectivity index (χ2v) is 13.1. The van der Waals surface area contributed by atoms with Crippen LogP contribution in [0.4, 0.5) is 0 Å². The van der Waals surface area contributed by atoms with Crippen molar-refractivity contribution in [3.05, 3.63) is 146 Å². The summed E-state index contributed by atoms with van der Waals surface area (Å²) in [6.07, 6.45) is 0. The maximum Gasteiger partial charge on any atom is 0.164 e. The van der Waals surface area contributed by atoms with Crippen molar-refractivity contribution in [1.82, 2.24) is 15.0 Å². The van der Waals surface area contributed by atoms with Crippen molar-refractivity contribution >= 4 is 88.5 Å². The molecular formula is C45H24B5N3O. The largest absolute Gasteiger partial charge is 0.456 e. The van der Waals surface area contributed by atoms with Gasteiger partial charge in [0.25, 0.3) is 0 Å². The molecule has 0 aliphatic rings. The van der Waals surface area contributed by atoms with Crippen LogP contribution in [0.25, 0.3) is 89.5 Å². The standard InChI is InChI=1S/C45H24B5N3O/c46-38-35(39(47)41(49)42(50)40(38)48)28-23-19-26(20-24-28)25-17-21-27(22-18-25)31-13-7-15-33-36(31)37-32(14-8-16-34(37)54-33)45-52-43(29-9-3-1-4-10-29)51-44(53-45)30-11-5-2-6-12-30/h1-24H. The molecule has 9 rings (SSSR count). The van der Waals surface area contributed by atoms with Gasteiger partial charge in [0.05, 0.1) is 0 Å². The molecule has 0 aliphatic carbocycles. The number of hydrogen-bond donors (Lipinski definition) is 0. The Labute approximate surface area is 319 Å². The number of benzene rings is 7. The first-order chi connectivity index (χ1) is 26.4. The molecule has 0 amide bonds. The highest BCUT2D eigenvalue weighted by Gasteiger charge is 2.20. The third kappa shape index (κ3) is 5.77. The molecule has 2 heterocycles. The summed E-state index contributed by atoms with van der Waals surface area (Å²) in [6, 6.07) is 48.5. The fourth-order valence-corrected chi connectivity index (χ4v) is 7.05. The molecular weight excluding hydrogens is 653 g/mol. The Bertz CT molecular complexity index is 2770. The number of nitrogens with zero attached hydrogens (tertiary/aromatic N) is 3. The first-order valence-electron chi connectivity index (χ1n) is 17.4. The van der Waals surface area contributed by atoms with Crippen LogP contribution in [0.1, 0.15) is 0 Å². The lowest BCUT2D eigenvalue weighted by atomic mass is 9.59. The van der Waals surface area contributed by atoms with Crippen molar-refractivity contribution in [3.63, 3.8) is 0 Å².